The average Bonchev–Trinajstić information content (AvgIpc) is 2.98. The maximum atomic E-state index is 12.8. The second-order valence-electron chi connectivity index (χ2n) is 6.47. The van der Waals surface area contributed by atoms with E-state index in [1.807, 2.05) is 32.0 Å². The summed E-state index contributed by atoms with van der Waals surface area (Å²) in [6, 6.07) is 12.1. The van der Waals surface area contributed by atoms with Crippen LogP contribution in [-0.4, -0.2) is 23.9 Å². The zero-order valence-electron chi connectivity index (χ0n) is 16.5. The first-order valence-electron chi connectivity index (χ1n) is 9.40. The molecule has 0 spiro atoms. The fourth-order valence-corrected chi connectivity index (χ4v) is 3.68. The minimum atomic E-state index is -0.361. The van der Waals surface area contributed by atoms with Gasteiger partial charge in [-0.3, -0.25) is 9.59 Å². The highest BCUT2D eigenvalue weighted by molar-refractivity contribution is 8.19. The zero-order chi connectivity index (χ0) is 21.0. The molecule has 0 aliphatic carbocycles. The number of ether oxygens (including phenoxy) is 2. The fraction of sp³-hybridized carbons (Fsp3) is 0.273. The Labute approximate surface area is 179 Å². The van der Waals surface area contributed by atoms with E-state index in [-0.39, 0.29) is 17.3 Å². The Balaban J connectivity index is 1.87. The minimum absolute atomic E-state index is 0.0657. The molecule has 0 saturated carbocycles. The Morgan fingerprint density at radius 1 is 1.10 bits per heavy atom. The van der Waals surface area contributed by atoms with Gasteiger partial charge in [0.2, 0.25) is 0 Å². The third-order valence-corrected chi connectivity index (χ3v) is 5.47. The molecule has 2 aromatic rings. The lowest BCUT2D eigenvalue weighted by molar-refractivity contribution is -0.113. The van der Waals surface area contributed by atoms with Gasteiger partial charge in [0.15, 0.2) is 11.5 Å². The van der Waals surface area contributed by atoms with Crippen LogP contribution < -0.4 is 14.4 Å². The van der Waals surface area contributed by atoms with Crippen molar-refractivity contribution >= 4 is 46.3 Å². The monoisotopic (exact) mass is 431 g/mol. The Bertz CT molecular complexity index is 942. The van der Waals surface area contributed by atoms with E-state index < -0.39 is 0 Å². The van der Waals surface area contributed by atoms with Crippen molar-refractivity contribution in [1.29, 1.82) is 0 Å². The van der Waals surface area contributed by atoms with E-state index in [1.165, 1.54) is 0 Å². The van der Waals surface area contributed by atoms with E-state index in [4.69, 9.17) is 21.1 Å². The molecule has 0 N–H and O–H groups in total. The molecule has 1 aliphatic heterocycles. The van der Waals surface area contributed by atoms with Crippen LogP contribution in [0, 0.1) is 0 Å². The summed E-state index contributed by atoms with van der Waals surface area (Å²) < 4.78 is 11.6. The normalized spacial score (nSPS) is 16.4. The largest absolute Gasteiger partial charge is 0.490 e. The van der Waals surface area contributed by atoms with Gasteiger partial charge < -0.3 is 9.47 Å². The molecule has 2 aromatic carbocycles. The number of benzene rings is 2. The van der Waals surface area contributed by atoms with Crippen molar-refractivity contribution in [1.82, 2.24) is 0 Å². The highest BCUT2D eigenvalue weighted by Gasteiger charge is 2.36. The van der Waals surface area contributed by atoms with Crippen molar-refractivity contribution in [3.63, 3.8) is 0 Å². The van der Waals surface area contributed by atoms with Gasteiger partial charge in [0.05, 0.1) is 23.3 Å². The van der Waals surface area contributed by atoms with Crippen LogP contribution in [0.2, 0.25) is 5.02 Å². The van der Waals surface area contributed by atoms with E-state index in [1.54, 1.807) is 30.3 Å². The topological polar surface area (TPSA) is 55.8 Å². The number of nitrogens with zero attached hydrogens (tertiary/aromatic N) is 1. The van der Waals surface area contributed by atoms with E-state index in [2.05, 4.69) is 6.92 Å². The zero-order valence-corrected chi connectivity index (χ0v) is 18.0. The summed E-state index contributed by atoms with van der Waals surface area (Å²) >= 11 is 6.80. The lowest BCUT2D eigenvalue weighted by Crippen LogP contribution is -2.27. The number of thioether (sulfide) groups is 1. The minimum Gasteiger partial charge on any atom is -0.490 e. The second-order valence-corrected chi connectivity index (χ2v) is 7.90. The number of amides is 2. The summed E-state index contributed by atoms with van der Waals surface area (Å²) in [5.41, 5.74) is 1.25. The number of imide groups is 1. The molecule has 1 aliphatic rings. The summed E-state index contributed by atoms with van der Waals surface area (Å²) in [4.78, 5) is 26.7. The first-order chi connectivity index (χ1) is 13.9. The summed E-state index contributed by atoms with van der Waals surface area (Å²) in [6.45, 7) is 6.44. The van der Waals surface area contributed by atoms with Crippen molar-refractivity contribution in [2.75, 3.05) is 11.5 Å². The van der Waals surface area contributed by atoms with Crippen LogP contribution in [0.4, 0.5) is 10.5 Å². The van der Waals surface area contributed by atoms with Gasteiger partial charge in [0.1, 0.15) is 0 Å². The smallest absolute Gasteiger partial charge is 0.298 e. The van der Waals surface area contributed by atoms with Crippen molar-refractivity contribution in [2.24, 2.45) is 0 Å². The molecule has 0 bridgehead atoms. The first kappa shape index (κ1) is 21.3. The van der Waals surface area contributed by atoms with E-state index in [0.717, 1.165) is 28.6 Å². The Hall–Kier alpha value is -2.44. The molecule has 152 valence electrons. The molecule has 1 fully saturated rings. The molecular formula is C22H22ClNO4S. The molecule has 5 nitrogen and oxygen atoms in total. The van der Waals surface area contributed by atoms with Crippen LogP contribution in [0.3, 0.4) is 0 Å². The number of carbonyl (C=O) groups excluding carboxylic acids is 2. The molecule has 2 amide bonds. The number of hydrogen-bond donors (Lipinski definition) is 0. The number of hydrogen-bond acceptors (Lipinski definition) is 5. The third-order valence-electron chi connectivity index (χ3n) is 4.35. The molecule has 1 heterocycles. The number of rotatable bonds is 7. The molecule has 1 atom stereocenters. The summed E-state index contributed by atoms with van der Waals surface area (Å²) in [5, 5.41) is 0.199. The quantitative estimate of drug-likeness (QED) is 0.491. The van der Waals surface area contributed by atoms with Crippen LogP contribution in [-0.2, 0) is 4.79 Å². The molecule has 0 radical (unpaired) electrons. The van der Waals surface area contributed by atoms with Crippen LogP contribution in [0.1, 0.15) is 32.8 Å². The average molecular weight is 432 g/mol. The fourth-order valence-electron chi connectivity index (χ4n) is 2.71. The number of halogens is 1. The third kappa shape index (κ3) is 4.95. The highest BCUT2D eigenvalue weighted by Crippen LogP contribution is 2.37. The van der Waals surface area contributed by atoms with Crippen molar-refractivity contribution < 1.29 is 19.1 Å². The number of carbonyl (C=O) groups is 2. The van der Waals surface area contributed by atoms with Gasteiger partial charge in [-0.2, -0.15) is 0 Å². The van der Waals surface area contributed by atoms with E-state index >= 15 is 0 Å². The van der Waals surface area contributed by atoms with Crippen LogP contribution in [0.5, 0.6) is 11.5 Å². The van der Waals surface area contributed by atoms with Gasteiger partial charge in [0, 0.05) is 5.02 Å². The molecule has 29 heavy (non-hydrogen) atoms. The predicted molar refractivity (Wildman–Crippen MR) is 118 cm³/mol. The summed E-state index contributed by atoms with van der Waals surface area (Å²) in [7, 11) is 0. The first-order valence-corrected chi connectivity index (χ1v) is 10.6. The standard InChI is InChI=1S/C22H22ClNO4S/c1-4-14(3)28-18-11-6-15(12-19(18)27-5-2)13-20-21(25)24(22(26)29-20)17-9-7-16(23)8-10-17/h6-14H,4-5H2,1-3H3/b20-13-/t14-/m1/s1. The van der Waals surface area contributed by atoms with Crippen LogP contribution in [0.25, 0.3) is 6.08 Å². The highest BCUT2D eigenvalue weighted by atomic mass is 35.5. The van der Waals surface area contributed by atoms with Gasteiger partial charge in [-0.25, -0.2) is 4.90 Å². The van der Waals surface area contributed by atoms with Crippen molar-refractivity contribution in [3.8, 4) is 11.5 Å². The van der Waals surface area contributed by atoms with Gasteiger partial charge >= 0.3 is 0 Å². The van der Waals surface area contributed by atoms with Crippen LogP contribution >= 0.6 is 23.4 Å². The predicted octanol–water partition coefficient (Wildman–Crippen LogP) is 6.16. The summed E-state index contributed by atoms with van der Waals surface area (Å²) in [6.07, 6.45) is 2.64. The van der Waals surface area contributed by atoms with Gasteiger partial charge in [-0.05, 0) is 80.1 Å². The Morgan fingerprint density at radius 3 is 2.48 bits per heavy atom. The summed E-state index contributed by atoms with van der Waals surface area (Å²) in [5.74, 6) is 0.909. The lowest BCUT2D eigenvalue weighted by Gasteiger charge is -2.16. The van der Waals surface area contributed by atoms with E-state index in [0.29, 0.717) is 33.7 Å². The van der Waals surface area contributed by atoms with Gasteiger partial charge in [-0.1, -0.05) is 24.6 Å². The Kier molecular flexibility index (Phi) is 6.87. The SMILES string of the molecule is CCOc1cc(/C=C2\SC(=O)N(c3ccc(Cl)cc3)C2=O)ccc1O[C@H](C)CC. The van der Waals surface area contributed by atoms with Crippen LogP contribution in [0.15, 0.2) is 47.4 Å². The second kappa shape index (κ2) is 9.37. The van der Waals surface area contributed by atoms with E-state index in [9.17, 15) is 9.59 Å². The van der Waals surface area contributed by atoms with Crippen molar-refractivity contribution in [3.05, 3.63) is 58.0 Å². The van der Waals surface area contributed by atoms with Gasteiger partial charge in [-0.15, -0.1) is 0 Å². The van der Waals surface area contributed by atoms with Gasteiger partial charge in [0.25, 0.3) is 11.1 Å². The maximum Gasteiger partial charge on any atom is 0.298 e. The van der Waals surface area contributed by atoms with Crippen molar-refractivity contribution in [2.45, 2.75) is 33.3 Å². The number of anilines is 1. The molecular weight excluding hydrogens is 410 g/mol. The molecule has 0 unspecified atom stereocenters. The molecule has 0 aromatic heterocycles. The molecule has 3 rings (SSSR count). The maximum absolute atomic E-state index is 12.8. The molecule has 1 saturated heterocycles. The Morgan fingerprint density at radius 2 is 1.83 bits per heavy atom. The lowest BCUT2D eigenvalue weighted by atomic mass is 10.1. The molecule has 7 heteroatoms.